The van der Waals surface area contributed by atoms with Crippen LogP contribution in [0.5, 0.6) is 0 Å². The molecule has 3 rings (SSSR count). The van der Waals surface area contributed by atoms with E-state index >= 15 is 0 Å². The zero-order chi connectivity index (χ0) is 15.0. The Balaban J connectivity index is 1.96. The molecule has 0 atom stereocenters. The van der Waals surface area contributed by atoms with Crippen LogP contribution in [0.4, 0.5) is 0 Å². The number of nitrogens with zero attached hydrogens (tertiary/aromatic N) is 4. The molecule has 0 spiro atoms. The molecule has 7 heteroatoms. The lowest BCUT2D eigenvalue weighted by molar-refractivity contribution is -0.133. The van der Waals surface area contributed by atoms with Gasteiger partial charge in [-0.2, -0.15) is 5.10 Å². The van der Waals surface area contributed by atoms with Gasteiger partial charge < -0.3 is 9.67 Å². The monoisotopic (exact) mass is 308 g/mol. The van der Waals surface area contributed by atoms with Gasteiger partial charge in [-0.15, -0.1) is 0 Å². The van der Waals surface area contributed by atoms with Crippen molar-refractivity contribution in [3.8, 4) is 0 Å². The average Bonchev–Trinajstić information content (AvgIpc) is 3.12. The van der Waals surface area contributed by atoms with Gasteiger partial charge in [0.1, 0.15) is 5.52 Å². The summed E-state index contributed by atoms with van der Waals surface area (Å²) in [4.78, 5) is 15.5. The Morgan fingerprint density at radius 1 is 1.48 bits per heavy atom. The molecule has 0 unspecified atom stereocenters. The number of imidazole rings is 1. The summed E-state index contributed by atoms with van der Waals surface area (Å²) in [7, 11) is 1.93. The standard InChI is InChI=1S/C14H20N4O2S/c1-3-10-12-13(17(2)16-10)18(7-6-9-4-5-9)14(15-12)21-8-11(19)20/h9H,3-8H2,1-2H3,(H,19,20). The first kappa shape index (κ1) is 14.4. The van der Waals surface area contributed by atoms with Crippen molar-refractivity contribution in [3.63, 3.8) is 0 Å². The van der Waals surface area contributed by atoms with Crippen molar-refractivity contribution < 1.29 is 9.90 Å². The van der Waals surface area contributed by atoms with Crippen molar-refractivity contribution >= 4 is 28.9 Å². The van der Waals surface area contributed by atoms with Gasteiger partial charge in [0.25, 0.3) is 0 Å². The van der Waals surface area contributed by atoms with E-state index in [4.69, 9.17) is 5.11 Å². The first-order chi connectivity index (χ1) is 10.1. The van der Waals surface area contributed by atoms with Crippen molar-refractivity contribution in [2.45, 2.75) is 44.3 Å². The number of carboxylic acid groups (broad SMARTS) is 1. The molecule has 1 aliphatic rings. The molecule has 0 saturated heterocycles. The fourth-order valence-corrected chi connectivity index (χ4v) is 3.36. The van der Waals surface area contributed by atoms with E-state index in [1.807, 2.05) is 11.7 Å². The molecular weight excluding hydrogens is 288 g/mol. The second kappa shape index (κ2) is 5.71. The predicted octanol–water partition coefficient (Wildman–Crippen LogP) is 2.31. The highest BCUT2D eigenvalue weighted by atomic mass is 32.2. The lowest BCUT2D eigenvalue weighted by Crippen LogP contribution is -2.07. The highest BCUT2D eigenvalue weighted by molar-refractivity contribution is 7.99. The Morgan fingerprint density at radius 2 is 2.24 bits per heavy atom. The van der Waals surface area contributed by atoms with Gasteiger partial charge in [0.15, 0.2) is 10.8 Å². The molecule has 114 valence electrons. The maximum Gasteiger partial charge on any atom is 0.313 e. The highest BCUT2D eigenvalue weighted by Crippen LogP contribution is 2.34. The number of hydrogen-bond donors (Lipinski definition) is 1. The molecule has 2 heterocycles. The van der Waals surface area contributed by atoms with Gasteiger partial charge >= 0.3 is 5.97 Å². The van der Waals surface area contributed by atoms with Gasteiger partial charge in [-0.05, 0) is 18.8 Å². The maximum atomic E-state index is 10.8. The molecule has 1 fully saturated rings. The zero-order valence-corrected chi connectivity index (χ0v) is 13.2. The molecule has 1 N–H and O–H groups in total. The molecule has 0 bridgehead atoms. The number of hydrogen-bond acceptors (Lipinski definition) is 4. The topological polar surface area (TPSA) is 72.9 Å². The third-order valence-corrected chi connectivity index (χ3v) is 4.84. The normalized spacial score (nSPS) is 15.0. The quantitative estimate of drug-likeness (QED) is 0.795. The number of fused-ring (bicyclic) bond motifs is 1. The summed E-state index contributed by atoms with van der Waals surface area (Å²) in [6, 6.07) is 0. The molecule has 0 aromatic carbocycles. The van der Waals surface area contributed by atoms with Crippen LogP contribution >= 0.6 is 11.8 Å². The Morgan fingerprint density at radius 3 is 2.86 bits per heavy atom. The molecule has 1 aliphatic carbocycles. The summed E-state index contributed by atoms with van der Waals surface area (Å²) in [6.45, 7) is 2.96. The smallest absolute Gasteiger partial charge is 0.313 e. The van der Waals surface area contributed by atoms with E-state index in [0.717, 1.165) is 47.3 Å². The van der Waals surface area contributed by atoms with Crippen LogP contribution in [0.2, 0.25) is 0 Å². The summed E-state index contributed by atoms with van der Waals surface area (Å²) in [6.07, 6.45) is 4.61. The summed E-state index contributed by atoms with van der Waals surface area (Å²) >= 11 is 1.30. The van der Waals surface area contributed by atoms with Gasteiger partial charge in [0.2, 0.25) is 0 Å². The van der Waals surface area contributed by atoms with Gasteiger partial charge in [-0.25, -0.2) is 4.98 Å². The van der Waals surface area contributed by atoms with E-state index in [-0.39, 0.29) is 5.75 Å². The van der Waals surface area contributed by atoms with E-state index < -0.39 is 5.97 Å². The van der Waals surface area contributed by atoms with E-state index in [1.165, 1.54) is 24.6 Å². The number of aliphatic carboxylic acids is 1. The van der Waals surface area contributed by atoms with Crippen LogP contribution < -0.4 is 0 Å². The number of aryl methyl sites for hydroxylation is 3. The summed E-state index contributed by atoms with van der Waals surface area (Å²) in [5.74, 6) is 0.0649. The van der Waals surface area contributed by atoms with Crippen LogP contribution in [0, 0.1) is 5.92 Å². The zero-order valence-electron chi connectivity index (χ0n) is 12.4. The first-order valence-corrected chi connectivity index (χ1v) is 8.35. The van der Waals surface area contributed by atoms with Crippen LogP contribution in [0.3, 0.4) is 0 Å². The molecule has 2 aromatic heterocycles. The molecule has 2 aromatic rings. The fraction of sp³-hybridized carbons (Fsp3) is 0.643. The van der Waals surface area contributed by atoms with Crippen molar-refractivity contribution in [3.05, 3.63) is 5.69 Å². The Labute approximate surface area is 127 Å². The number of carbonyl (C=O) groups is 1. The highest BCUT2D eigenvalue weighted by Gasteiger charge is 2.24. The van der Waals surface area contributed by atoms with Crippen molar-refractivity contribution in [2.24, 2.45) is 13.0 Å². The number of carboxylic acids is 1. The van der Waals surface area contributed by atoms with E-state index in [9.17, 15) is 4.79 Å². The molecule has 6 nitrogen and oxygen atoms in total. The molecule has 0 amide bonds. The Bertz CT molecular complexity index is 672. The fourth-order valence-electron chi connectivity index (χ4n) is 2.62. The third kappa shape index (κ3) is 2.92. The van der Waals surface area contributed by atoms with Crippen molar-refractivity contribution in [2.75, 3.05) is 5.75 Å². The molecule has 0 radical (unpaired) electrons. The van der Waals surface area contributed by atoms with Gasteiger partial charge in [0.05, 0.1) is 11.4 Å². The average molecular weight is 308 g/mol. The largest absolute Gasteiger partial charge is 0.481 e. The number of thioether (sulfide) groups is 1. The van der Waals surface area contributed by atoms with Crippen LogP contribution in [0.25, 0.3) is 11.2 Å². The summed E-state index contributed by atoms with van der Waals surface area (Å²) in [5.41, 5.74) is 2.92. The van der Waals surface area contributed by atoms with E-state index in [1.54, 1.807) is 0 Å². The molecule has 1 saturated carbocycles. The summed E-state index contributed by atoms with van der Waals surface area (Å²) < 4.78 is 4.02. The number of rotatable bonds is 7. The molecular formula is C14H20N4O2S. The second-order valence-electron chi connectivity index (χ2n) is 5.56. The van der Waals surface area contributed by atoms with Gasteiger partial charge in [0, 0.05) is 13.6 Å². The second-order valence-corrected chi connectivity index (χ2v) is 6.50. The predicted molar refractivity (Wildman–Crippen MR) is 81.6 cm³/mol. The maximum absolute atomic E-state index is 10.8. The Kier molecular flexibility index (Phi) is 3.93. The molecule has 21 heavy (non-hydrogen) atoms. The van der Waals surface area contributed by atoms with Crippen LogP contribution in [-0.2, 0) is 24.8 Å². The van der Waals surface area contributed by atoms with Crippen molar-refractivity contribution in [1.82, 2.24) is 19.3 Å². The van der Waals surface area contributed by atoms with E-state index in [2.05, 4.69) is 21.6 Å². The van der Waals surface area contributed by atoms with E-state index in [0.29, 0.717) is 0 Å². The van der Waals surface area contributed by atoms with Gasteiger partial charge in [-0.3, -0.25) is 9.48 Å². The van der Waals surface area contributed by atoms with Crippen LogP contribution in [0.1, 0.15) is 31.9 Å². The minimum absolute atomic E-state index is 0.0433. The van der Waals surface area contributed by atoms with Crippen LogP contribution in [-0.4, -0.2) is 36.2 Å². The minimum Gasteiger partial charge on any atom is -0.481 e. The van der Waals surface area contributed by atoms with Crippen LogP contribution in [0.15, 0.2) is 5.16 Å². The lowest BCUT2D eigenvalue weighted by Gasteiger charge is -2.08. The van der Waals surface area contributed by atoms with Gasteiger partial charge in [-0.1, -0.05) is 31.5 Å². The SMILES string of the molecule is CCc1nn(C)c2c1nc(SCC(=O)O)n2CCC1CC1. The summed E-state index contributed by atoms with van der Waals surface area (Å²) in [5, 5.41) is 14.2. The van der Waals surface area contributed by atoms with Crippen molar-refractivity contribution in [1.29, 1.82) is 0 Å². The number of aromatic nitrogens is 4. The molecule has 0 aliphatic heterocycles. The Hall–Kier alpha value is -1.50. The lowest BCUT2D eigenvalue weighted by atomic mass is 10.3. The third-order valence-electron chi connectivity index (χ3n) is 3.87. The minimum atomic E-state index is -0.811. The first-order valence-electron chi connectivity index (χ1n) is 7.36.